The first-order chi connectivity index (χ1) is 8.99. The third kappa shape index (κ3) is 3.62. The molecule has 0 heterocycles. The number of nitrogens with one attached hydrogen (secondary N) is 1. The van der Waals surface area contributed by atoms with E-state index in [1.54, 1.807) is 24.3 Å². The zero-order valence-electron chi connectivity index (χ0n) is 9.38. The van der Waals surface area contributed by atoms with E-state index in [9.17, 15) is 4.79 Å². The molecule has 1 N–H and O–H groups in total. The zero-order chi connectivity index (χ0) is 14.0. The van der Waals surface area contributed by atoms with Gasteiger partial charge in [-0.15, -0.1) is 0 Å². The van der Waals surface area contributed by atoms with Crippen molar-refractivity contribution in [3.05, 3.63) is 60.0 Å². The van der Waals surface area contributed by atoms with E-state index in [-0.39, 0.29) is 5.91 Å². The SMILES string of the molecule is O=C(Nc1ccc(Br)c(Cl)c1Cl)c1ccc(I)cc1. The van der Waals surface area contributed by atoms with Gasteiger partial charge in [-0.2, -0.15) is 0 Å². The van der Waals surface area contributed by atoms with Crippen molar-refractivity contribution in [1.29, 1.82) is 0 Å². The van der Waals surface area contributed by atoms with Crippen molar-refractivity contribution in [2.45, 2.75) is 0 Å². The van der Waals surface area contributed by atoms with E-state index in [2.05, 4.69) is 43.8 Å². The average Bonchev–Trinajstić information content (AvgIpc) is 2.40. The van der Waals surface area contributed by atoms with Crippen molar-refractivity contribution in [2.75, 3.05) is 5.32 Å². The Labute approximate surface area is 142 Å². The smallest absolute Gasteiger partial charge is 0.255 e. The molecule has 2 nitrogen and oxygen atoms in total. The Bertz CT molecular complexity index is 631. The summed E-state index contributed by atoms with van der Waals surface area (Å²) in [6.07, 6.45) is 0. The Morgan fingerprint density at radius 1 is 1.05 bits per heavy atom. The largest absolute Gasteiger partial charge is 0.321 e. The molecule has 2 aromatic carbocycles. The molecule has 0 saturated heterocycles. The van der Waals surface area contributed by atoms with Crippen molar-refractivity contribution in [3.8, 4) is 0 Å². The first-order valence-corrected chi connectivity index (χ1v) is 7.82. The summed E-state index contributed by atoms with van der Waals surface area (Å²) in [5.74, 6) is -0.225. The van der Waals surface area contributed by atoms with Gasteiger partial charge in [-0.1, -0.05) is 23.2 Å². The molecule has 0 spiro atoms. The van der Waals surface area contributed by atoms with Crippen molar-refractivity contribution in [1.82, 2.24) is 0 Å². The van der Waals surface area contributed by atoms with Crippen molar-refractivity contribution in [2.24, 2.45) is 0 Å². The Hall–Kier alpha value is -0.300. The second-order valence-electron chi connectivity index (χ2n) is 3.68. The van der Waals surface area contributed by atoms with Crippen LogP contribution in [0.4, 0.5) is 5.69 Å². The van der Waals surface area contributed by atoms with Gasteiger partial charge in [0.2, 0.25) is 0 Å². The van der Waals surface area contributed by atoms with Crippen LogP contribution >= 0.6 is 61.7 Å². The Kier molecular flexibility index (Phi) is 5.11. The number of carbonyl (C=O) groups is 1. The van der Waals surface area contributed by atoms with Crippen LogP contribution in [-0.4, -0.2) is 5.91 Å². The fourth-order valence-electron chi connectivity index (χ4n) is 1.42. The molecule has 2 aromatic rings. The van der Waals surface area contributed by atoms with Gasteiger partial charge in [0.1, 0.15) is 0 Å². The highest BCUT2D eigenvalue weighted by atomic mass is 127. The van der Waals surface area contributed by atoms with E-state index in [0.717, 1.165) is 3.57 Å². The highest BCUT2D eigenvalue weighted by Crippen LogP contribution is 2.35. The van der Waals surface area contributed by atoms with Crippen LogP contribution in [-0.2, 0) is 0 Å². The van der Waals surface area contributed by atoms with E-state index in [1.807, 2.05) is 12.1 Å². The highest BCUT2D eigenvalue weighted by Gasteiger charge is 2.12. The quantitative estimate of drug-likeness (QED) is 0.448. The summed E-state index contributed by atoms with van der Waals surface area (Å²) in [5.41, 5.74) is 1.05. The number of amides is 1. The van der Waals surface area contributed by atoms with Gasteiger partial charge in [0.15, 0.2) is 0 Å². The summed E-state index contributed by atoms with van der Waals surface area (Å²) in [7, 11) is 0. The number of halogens is 4. The predicted molar refractivity (Wildman–Crippen MR) is 91.3 cm³/mol. The molecule has 0 aromatic heterocycles. The second kappa shape index (κ2) is 6.43. The average molecular weight is 471 g/mol. The molecule has 0 atom stereocenters. The number of anilines is 1. The lowest BCUT2D eigenvalue weighted by Gasteiger charge is -2.09. The van der Waals surface area contributed by atoms with E-state index < -0.39 is 0 Å². The normalized spacial score (nSPS) is 10.3. The molecule has 6 heteroatoms. The molecular formula is C13H7BrCl2INO. The van der Waals surface area contributed by atoms with Crippen LogP contribution in [0.5, 0.6) is 0 Å². The van der Waals surface area contributed by atoms with E-state index in [1.165, 1.54) is 0 Å². The molecule has 0 aliphatic carbocycles. The van der Waals surface area contributed by atoms with Gasteiger partial charge in [0.25, 0.3) is 5.91 Å². The van der Waals surface area contributed by atoms with Crippen LogP contribution in [0.25, 0.3) is 0 Å². The minimum absolute atomic E-state index is 0.225. The summed E-state index contributed by atoms with van der Waals surface area (Å²) in [5, 5.41) is 3.43. The Balaban J connectivity index is 2.24. The second-order valence-corrected chi connectivity index (χ2v) is 6.54. The van der Waals surface area contributed by atoms with Crippen LogP contribution in [0.2, 0.25) is 10.0 Å². The number of hydrogen-bond donors (Lipinski definition) is 1. The summed E-state index contributed by atoms with van der Waals surface area (Å²) < 4.78 is 1.75. The minimum atomic E-state index is -0.225. The fourth-order valence-corrected chi connectivity index (χ4v) is 2.60. The van der Waals surface area contributed by atoms with Crippen LogP contribution in [0.15, 0.2) is 40.9 Å². The van der Waals surface area contributed by atoms with Gasteiger partial charge in [0.05, 0.1) is 15.7 Å². The number of benzene rings is 2. The van der Waals surface area contributed by atoms with Crippen molar-refractivity contribution < 1.29 is 4.79 Å². The van der Waals surface area contributed by atoms with Crippen LogP contribution < -0.4 is 5.32 Å². The van der Waals surface area contributed by atoms with Crippen LogP contribution in [0.3, 0.4) is 0 Å². The zero-order valence-corrected chi connectivity index (χ0v) is 14.6. The molecule has 1 amide bonds. The van der Waals surface area contributed by atoms with Gasteiger partial charge in [-0.05, 0) is 74.9 Å². The monoisotopic (exact) mass is 469 g/mol. The lowest BCUT2D eigenvalue weighted by atomic mass is 10.2. The molecule has 0 unspecified atom stereocenters. The standard InChI is InChI=1S/C13H7BrCl2INO/c14-9-5-6-10(12(16)11(9)15)18-13(19)7-1-3-8(17)4-2-7/h1-6H,(H,18,19). The highest BCUT2D eigenvalue weighted by molar-refractivity contribution is 14.1. The van der Waals surface area contributed by atoms with Gasteiger partial charge < -0.3 is 5.32 Å². The number of hydrogen-bond acceptors (Lipinski definition) is 1. The maximum Gasteiger partial charge on any atom is 0.255 e. The van der Waals surface area contributed by atoms with E-state index >= 15 is 0 Å². The lowest BCUT2D eigenvalue weighted by Crippen LogP contribution is -2.12. The summed E-state index contributed by atoms with van der Waals surface area (Å²) >= 11 is 17.5. The van der Waals surface area contributed by atoms with Crippen molar-refractivity contribution >= 4 is 73.3 Å². The maximum atomic E-state index is 12.0. The molecule has 2 rings (SSSR count). The number of rotatable bonds is 2. The molecular weight excluding hydrogens is 464 g/mol. The third-order valence-electron chi connectivity index (χ3n) is 2.39. The van der Waals surface area contributed by atoms with Gasteiger partial charge >= 0.3 is 0 Å². The van der Waals surface area contributed by atoms with Crippen LogP contribution in [0.1, 0.15) is 10.4 Å². The lowest BCUT2D eigenvalue weighted by molar-refractivity contribution is 0.102. The summed E-state index contributed by atoms with van der Waals surface area (Å²) in [6.45, 7) is 0. The Morgan fingerprint density at radius 3 is 2.32 bits per heavy atom. The topological polar surface area (TPSA) is 29.1 Å². The molecule has 0 aliphatic rings. The molecule has 98 valence electrons. The van der Waals surface area contributed by atoms with E-state index in [0.29, 0.717) is 25.8 Å². The first-order valence-electron chi connectivity index (χ1n) is 5.19. The number of carbonyl (C=O) groups excluding carboxylic acids is 1. The predicted octanol–water partition coefficient (Wildman–Crippen LogP) is 5.61. The minimum Gasteiger partial charge on any atom is -0.321 e. The van der Waals surface area contributed by atoms with Gasteiger partial charge in [-0.3, -0.25) is 4.79 Å². The maximum absolute atomic E-state index is 12.0. The molecule has 0 radical (unpaired) electrons. The molecule has 0 aliphatic heterocycles. The first kappa shape index (κ1) is 15.1. The van der Waals surface area contributed by atoms with Gasteiger partial charge in [-0.25, -0.2) is 0 Å². The summed E-state index contributed by atoms with van der Waals surface area (Å²) in [6, 6.07) is 10.7. The fraction of sp³-hybridized carbons (Fsp3) is 0. The molecule has 19 heavy (non-hydrogen) atoms. The molecule has 0 bridgehead atoms. The summed E-state index contributed by atoms with van der Waals surface area (Å²) in [4.78, 5) is 12.0. The van der Waals surface area contributed by atoms with E-state index in [4.69, 9.17) is 23.2 Å². The molecule has 0 fully saturated rings. The van der Waals surface area contributed by atoms with Crippen molar-refractivity contribution in [3.63, 3.8) is 0 Å². The Morgan fingerprint density at radius 2 is 1.68 bits per heavy atom. The van der Waals surface area contributed by atoms with Gasteiger partial charge in [0, 0.05) is 13.6 Å². The molecule has 0 saturated carbocycles. The third-order valence-corrected chi connectivity index (χ3v) is 4.88. The van der Waals surface area contributed by atoms with Crippen LogP contribution in [0, 0.1) is 3.57 Å².